The zero-order chi connectivity index (χ0) is 13.1. The molecule has 0 saturated heterocycles. The van der Waals surface area contributed by atoms with Gasteiger partial charge < -0.3 is 11.1 Å². The minimum atomic E-state index is -0.360. The van der Waals surface area contributed by atoms with E-state index in [2.05, 4.69) is 20.5 Å². The monoisotopic (exact) mass is 265 g/mol. The van der Waals surface area contributed by atoms with E-state index in [4.69, 9.17) is 17.3 Å². The number of nitrogens with two attached hydrogens (primary N) is 1. The van der Waals surface area contributed by atoms with Crippen molar-refractivity contribution in [3.8, 4) is 0 Å². The quantitative estimate of drug-likeness (QED) is 0.784. The molecule has 1 heterocycles. The second-order valence-electron chi connectivity index (χ2n) is 3.79. The molecule has 94 valence electrons. The first kappa shape index (κ1) is 12.4. The van der Waals surface area contributed by atoms with Gasteiger partial charge in [-0.15, -0.1) is 5.10 Å². The van der Waals surface area contributed by atoms with Crippen LogP contribution in [0, 0.1) is 0 Å². The molecule has 1 atom stereocenters. The minimum absolute atomic E-state index is 0.0410. The summed E-state index contributed by atoms with van der Waals surface area (Å²) >= 11 is 5.80. The van der Waals surface area contributed by atoms with Crippen molar-refractivity contribution in [1.82, 2.24) is 20.5 Å². The van der Waals surface area contributed by atoms with Gasteiger partial charge in [0, 0.05) is 5.02 Å². The Morgan fingerprint density at radius 3 is 2.67 bits per heavy atom. The number of nitrogen functional groups attached to an aromatic ring is 1. The number of halogens is 1. The van der Waals surface area contributed by atoms with Crippen LogP contribution in [-0.2, 0) is 0 Å². The van der Waals surface area contributed by atoms with Gasteiger partial charge in [0.15, 0.2) is 0 Å². The number of aromatic amines is 1. The molecule has 0 aliphatic rings. The van der Waals surface area contributed by atoms with Gasteiger partial charge in [-0.05, 0) is 24.6 Å². The fraction of sp³-hybridized carbons (Fsp3) is 0.182. The van der Waals surface area contributed by atoms with Gasteiger partial charge in [0.1, 0.15) is 0 Å². The molecule has 0 spiro atoms. The molecule has 0 bridgehead atoms. The molecule has 2 rings (SSSR count). The van der Waals surface area contributed by atoms with Gasteiger partial charge in [-0.25, -0.2) is 0 Å². The van der Waals surface area contributed by atoms with Gasteiger partial charge in [-0.1, -0.05) is 23.7 Å². The summed E-state index contributed by atoms with van der Waals surface area (Å²) in [4.78, 5) is 15.5. The van der Waals surface area contributed by atoms with E-state index >= 15 is 0 Å². The van der Waals surface area contributed by atoms with Crippen molar-refractivity contribution < 1.29 is 4.79 Å². The maximum absolute atomic E-state index is 11.8. The Hall–Kier alpha value is -2.08. The van der Waals surface area contributed by atoms with Crippen molar-refractivity contribution in [3.05, 3.63) is 40.7 Å². The van der Waals surface area contributed by atoms with Crippen molar-refractivity contribution in [1.29, 1.82) is 0 Å². The van der Waals surface area contributed by atoms with Crippen LogP contribution >= 0.6 is 11.6 Å². The fourth-order valence-electron chi connectivity index (χ4n) is 1.48. The minimum Gasteiger partial charge on any atom is -0.366 e. The van der Waals surface area contributed by atoms with Gasteiger partial charge in [-0.3, -0.25) is 9.89 Å². The molecule has 18 heavy (non-hydrogen) atoms. The topological polar surface area (TPSA) is 96.7 Å². The lowest BCUT2D eigenvalue weighted by molar-refractivity contribution is 0.0930. The van der Waals surface area contributed by atoms with Crippen molar-refractivity contribution in [2.75, 3.05) is 5.73 Å². The first-order valence-electron chi connectivity index (χ1n) is 5.30. The Morgan fingerprint density at radius 1 is 1.44 bits per heavy atom. The number of hydrogen-bond donors (Lipinski definition) is 3. The number of hydrogen-bond acceptors (Lipinski definition) is 4. The average molecular weight is 266 g/mol. The predicted octanol–water partition coefficient (Wildman–Crippen LogP) is 1.53. The Kier molecular flexibility index (Phi) is 3.47. The molecular weight excluding hydrogens is 254 g/mol. The molecule has 0 aliphatic heterocycles. The number of H-pyrrole nitrogens is 1. The molecule has 1 amide bonds. The molecule has 1 aromatic carbocycles. The Labute approximate surface area is 109 Å². The van der Waals surface area contributed by atoms with E-state index in [1.165, 1.54) is 0 Å². The van der Waals surface area contributed by atoms with Crippen LogP contribution in [0.25, 0.3) is 0 Å². The van der Waals surface area contributed by atoms with Gasteiger partial charge in [0.25, 0.3) is 5.91 Å². The molecule has 6 nitrogen and oxygen atoms in total. The van der Waals surface area contributed by atoms with Crippen LogP contribution in [0.3, 0.4) is 0 Å². The molecule has 4 N–H and O–H groups in total. The zero-order valence-electron chi connectivity index (χ0n) is 9.64. The molecular formula is C11H12ClN5O. The number of amides is 1. The van der Waals surface area contributed by atoms with Crippen LogP contribution in [0.1, 0.15) is 29.1 Å². The SMILES string of the molecule is C[C@H](NC(=O)c1nc(N)n[nH]1)c1ccc(Cl)cc1. The lowest BCUT2D eigenvalue weighted by Crippen LogP contribution is -2.27. The number of aromatic nitrogens is 3. The number of rotatable bonds is 3. The number of anilines is 1. The number of nitrogens with one attached hydrogen (secondary N) is 2. The molecule has 0 saturated carbocycles. The number of nitrogens with zero attached hydrogens (tertiary/aromatic N) is 2. The van der Waals surface area contributed by atoms with Crippen LogP contribution in [0.4, 0.5) is 5.95 Å². The summed E-state index contributed by atoms with van der Waals surface area (Å²) in [6.45, 7) is 1.86. The summed E-state index contributed by atoms with van der Waals surface area (Å²) < 4.78 is 0. The van der Waals surface area contributed by atoms with Crippen molar-refractivity contribution in [3.63, 3.8) is 0 Å². The van der Waals surface area contributed by atoms with Crippen molar-refractivity contribution in [2.24, 2.45) is 0 Å². The highest BCUT2D eigenvalue weighted by Crippen LogP contribution is 2.16. The highest BCUT2D eigenvalue weighted by atomic mass is 35.5. The summed E-state index contributed by atoms with van der Waals surface area (Å²) in [6.07, 6.45) is 0. The molecule has 0 aliphatic carbocycles. The summed E-state index contributed by atoms with van der Waals surface area (Å²) in [7, 11) is 0. The molecule has 0 fully saturated rings. The summed E-state index contributed by atoms with van der Waals surface area (Å²) in [5, 5.41) is 9.47. The first-order valence-corrected chi connectivity index (χ1v) is 5.68. The molecule has 7 heteroatoms. The van der Waals surface area contributed by atoms with Crippen LogP contribution in [0.5, 0.6) is 0 Å². The Bertz CT molecular complexity index is 551. The van der Waals surface area contributed by atoms with Gasteiger partial charge in [0.05, 0.1) is 6.04 Å². The lowest BCUT2D eigenvalue weighted by atomic mass is 10.1. The highest BCUT2D eigenvalue weighted by Gasteiger charge is 2.14. The van der Waals surface area contributed by atoms with Crippen molar-refractivity contribution in [2.45, 2.75) is 13.0 Å². The summed E-state index contributed by atoms with van der Waals surface area (Å²) in [6, 6.07) is 7.07. The third-order valence-corrected chi connectivity index (χ3v) is 2.69. The van der Waals surface area contributed by atoms with E-state index in [1.54, 1.807) is 12.1 Å². The number of benzene rings is 1. The van der Waals surface area contributed by atoms with Crippen LogP contribution in [-0.4, -0.2) is 21.1 Å². The highest BCUT2D eigenvalue weighted by molar-refractivity contribution is 6.30. The standard InChI is InChI=1S/C11H12ClN5O/c1-6(7-2-4-8(12)5-3-7)14-10(18)9-15-11(13)17-16-9/h2-6H,1H3,(H,14,18)(H3,13,15,16,17)/t6-/m0/s1. The fourth-order valence-corrected chi connectivity index (χ4v) is 1.60. The van der Waals surface area contributed by atoms with E-state index < -0.39 is 0 Å². The van der Waals surface area contributed by atoms with E-state index in [9.17, 15) is 4.79 Å². The van der Waals surface area contributed by atoms with E-state index in [1.807, 2.05) is 19.1 Å². The summed E-state index contributed by atoms with van der Waals surface area (Å²) in [5.74, 6) is -0.228. The second-order valence-corrected chi connectivity index (χ2v) is 4.23. The third kappa shape index (κ3) is 2.78. The normalized spacial score (nSPS) is 12.1. The molecule has 0 radical (unpaired) electrons. The first-order chi connectivity index (χ1) is 8.56. The Morgan fingerprint density at radius 2 is 2.11 bits per heavy atom. The Balaban J connectivity index is 2.05. The van der Waals surface area contributed by atoms with E-state index in [0.717, 1.165) is 5.56 Å². The van der Waals surface area contributed by atoms with Crippen LogP contribution in [0.2, 0.25) is 5.02 Å². The predicted molar refractivity (Wildman–Crippen MR) is 68.1 cm³/mol. The number of carbonyl (C=O) groups is 1. The molecule has 2 aromatic rings. The molecule has 0 unspecified atom stereocenters. The van der Waals surface area contributed by atoms with Crippen LogP contribution in [0.15, 0.2) is 24.3 Å². The van der Waals surface area contributed by atoms with Gasteiger partial charge in [-0.2, -0.15) is 4.98 Å². The zero-order valence-corrected chi connectivity index (χ0v) is 10.4. The van der Waals surface area contributed by atoms with Gasteiger partial charge >= 0.3 is 0 Å². The lowest BCUT2D eigenvalue weighted by Gasteiger charge is -2.13. The maximum atomic E-state index is 11.8. The van der Waals surface area contributed by atoms with Gasteiger partial charge in [0.2, 0.25) is 11.8 Å². The van der Waals surface area contributed by atoms with E-state index in [-0.39, 0.29) is 23.7 Å². The second kappa shape index (κ2) is 5.05. The smallest absolute Gasteiger partial charge is 0.289 e. The maximum Gasteiger partial charge on any atom is 0.289 e. The van der Waals surface area contributed by atoms with E-state index in [0.29, 0.717) is 5.02 Å². The number of carbonyl (C=O) groups excluding carboxylic acids is 1. The van der Waals surface area contributed by atoms with Crippen LogP contribution < -0.4 is 11.1 Å². The van der Waals surface area contributed by atoms with Crippen molar-refractivity contribution >= 4 is 23.5 Å². The summed E-state index contributed by atoms with van der Waals surface area (Å²) in [5.41, 5.74) is 6.27. The largest absolute Gasteiger partial charge is 0.366 e. The third-order valence-electron chi connectivity index (χ3n) is 2.44. The average Bonchev–Trinajstić information content (AvgIpc) is 2.76. The molecule has 1 aromatic heterocycles.